The van der Waals surface area contributed by atoms with Crippen molar-refractivity contribution in [3.05, 3.63) is 29.5 Å². The lowest BCUT2D eigenvalue weighted by atomic mass is 9.85. The number of carbonyl (C=O) groups is 2. The summed E-state index contributed by atoms with van der Waals surface area (Å²) < 4.78 is 0. The first-order chi connectivity index (χ1) is 12.5. The fourth-order valence-electron chi connectivity index (χ4n) is 3.80. The maximum atomic E-state index is 12.7. The zero-order chi connectivity index (χ0) is 18.3. The van der Waals surface area contributed by atoms with Crippen LogP contribution in [0.3, 0.4) is 0 Å². The zero-order valence-electron chi connectivity index (χ0n) is 14.9. The molecule has 0 bridgehead atoms. The lowest BCUT2D eigenvalue weighted by Gasteiger charge is -2.42. The van der Waals surface area contributed by atoms with Crippen LogP contribution in [0.5, 0.6) is 0 Å². The fraction of sp³-hybridized carbons (Fsp3) is 0.526. The Bertz CT molecular complexity index is 836. The third-order valence-electron chi connectivity index (χ3n) is 5.43. The van der Waals surface area contributed by atoms with Crippen molar-refractivity contribution in [3.63, 3.8) is 0 Å². The highest BCUT2D eigenvalue weighted by Crippen LogP contribution is 2.34. The van der Waals surface area contributed by atoms with E-state index in [1.807, 2.05) is 19.1 Å². The van der Waals surface area contributed by atoms with Gasteiger partial charge < -0.3 is 10.4 Å². The van der Waals surface area contributed by atoms with Crippen LogP contribution in [0.2, 0.25) is 0 Å². The van der Waals surface area contributed by atoms with Gasteiger partial charge in [0.15, 0.2) is 0 Å². The van der Waals surface area contributed by atoms with E-state index in [0.717, 1.165) is 35.9 Å². The number of nitrogens with zero attached hydrogens (tertiary/aromatic N) is 2. The molecule has 1 heterocycles. The molecule has 7 heteroatoms. The largest absolute Gasteiger partial charge is 0.480 e. The quantitative estimate of drug-likeness (QED) is 0.704. The first-order valence-corrected chi connectivity index (χ1v) is 9.20. The summed E-state index contributed by atoms with van der Waals surface area (Å²) in [5.41, 5.74) is 2.39. The highest BCUT2D eigenvalue weighted by atomic mass is 16.4. The molecule has 1 amide bonds. The third kappa shape index (κ3) is 3.58. The first-order valence-electron chi connectivity index (χ1n) is 9.20. The highest BCUT2D eigenvalue weighted by molar-refractivity contribution is 6.05. The SMILES string of the molecule is Cc1cc(C(=O)NC2CC(N(CC(=O)O)CC3CC3)C2)c2[nH]ncc2c1. The Labute approximate surface area is 151 Å². The van der Waals surface area contributed by atoms with Crippen LogP contribution >= 0.6 is 0 Å². The number of hydrogen-bond acceptors (Lipinski definition) is 4. The van der Waals surface area contributed by atoms with Crippen molar-refractivity contribution in [1.82, 2.24) is 20.4 Å². The number of carboxylic acid groups (broad SMARTS) is 1. The minimum atomic E-state index is -0.778. The van der Waals surface area contributed by atoms with E-state index in [1.165, 1.54) is 12.8 Å². The molecule has 138 valence electrons. The molecule has 2 saturated carbocycles. The molecule has 3 N–H and O–H groups in total. The van der Waals surface area contributed by atoms with Crippen LogP contribution in [0.4, 0.5) is 0 Å². The second-order valence-corrected chi connectivity index (χ2v) is 7.71. The Morgan fingerprint density at radius 2 is 2.12 bits per heavy atom. The number of aromatic amines is 1. The Hall–Kier alpha value is -2.41. The molecule has 0 aliphatic heterocycles. The van der Waals surface area contributed by atoms with Gasteiger partial charge in [-0.15, -0.1) is 0 Å². The highest BCUT2D eigenvalue weighted by Gasteiger charge is 2.37. The van der Waals surface area contributed by atoms with Gasteiger partial charge in [-0.3, -0.25) is 19.6 Å². The van der Waals surface area contributed by atoms with E-state index in [4.69, 9.17) is 5.11 Å². The van der Waals surface area contributed by atoms with Gasteiger partial charge in [0.1, 0.15) is 0 Å². The number of H-pyrrole nitrogens is 1. The topological polar surface area (TPSA) is 98.3 Å². The predicted octanol–water partition coefficient (Wildman–Crippen LogP) is 1.93. The monoisotopic (exact) mass is 356 g/mol. The summed E-state index contributed by atoms with van der Waals surface area (Å²) in [7, 11) is 0. The number of rotatable bonds is 7. The van der Waals surface area contributed by atoms with Crippen LogP contribution in [-0.2, 0) is 4.79 Å². The van der Waals surface area contributed by atoms with Crippen molar-refractivity contribution >= 4 is 22.8 Å². The van der Waals surface area contributed by atoms with E-state index < -0.39 is 5.97 Å². The molecule has 2 fully saturated rings. The number of hydrogen-bond donors (Lipinski definition) is 3. The molecule has 7 nitrogen and oxygen atoms in total. The van der Waals surface area contributed by atoms with Gasteiger partial charge in [-0.1, -0.05) is 0 Å². The molecule has 0 radical (unpaired) electrons. The van der Waals surface area contributed by atoms with Crippen molar-refractivity contribution in [3.8, 4) is 0 Å². The Morgan fingerprint density at radius 1 is 1.35 bits per heavy atom. The van der Waals surface area contributed by atoms with E-state index in [1.54, 1.807) is 6.20 Å². The van der Waals surface area contributed by atoms with Crippen molar-refractivity contribution in [1.29, 1.82) is 0 Å². The summed E-state index contributed by atoms with van der Waals surface area (Å²) >= 11 is 0. The second kappa shape index (κ2) is 6.72. The molecule has 4 rings (SSSR count). The van der Waals surface area contributed by atoms with Gasteiger partial charge in [0.05, 0.1) is 23.8 Å². The van der Waals surface area contributed by atoms with Gasteiger partial charge in [-0.2, -0.15) is 5.10 Å². The van der Waals surface area contributed by atoms with E-state index >= 15 is 0 Å². The molecule has 1 aromatic carbocycles. The molecule has 1 aromatic heterocycles. The molecule has 26 heavy (non-hydrogen) atoms. The van der Waals surface area contributed by atoms with Gasteiger partial charge in [0.25, 0.3) is 5.91 Å². The number of aryl methyl sites for hydroxylation is 1. The summed E-state index contributed by atoms with van der Waals surface area (Å²) in [5, 5.41) is 20.1. The van der Waals surface area contributed by atoms with Gasteiger partial charge >= 0.3 is 5.97 Å². The molecule has 2 aliphatic carbocycles. The van der Waals surface area contributed by atoms with Crippen LogP contribution < -0.4 is 5.32 Å². The fourth-order valence-corrected chi connectivity index (χ4v) is 3.80. The number of nitrogens with one attached hydrogen (secondary N) is 2. The minimum absolute atomic E-state index is 0.0917. The number of carboxylic acids is 1. The first kappa shape index (κ1) is 17.0. The van der Waals surface area contributed by atoms with E-state index in [-0.39, 0.29) is 24.5 Å². The smallest absolute Gasteiger partial charge is 0.317 e. The molecule has 0 unspecified atom stereocenters. The summed E-state index contributed by atoms with van der Waals surface area (Å²) in [4.78, 5) is 25.9. The van der Waals surface area contributed by atoms with E-state index in [9.17, 15) is 9.59 Å². The molecule has 0 spiro atoms. The Balaban J connectivity index is 1.37. The predicted molar refractivity (Wildman–Crippen MR) is 97.0 cm³/mol. The lowest BCUT2D eigenvalue weighted by Crippen LogP contribution is -2.55. The van der Waals surface area contributed by atoms with Crippen LogP contribution in [0, 0.1) is 12.8 Å². The molecule has 2 aliphatic rings. The number of benzene rings is 1. The normalized spacial score (nSPS) is 22.4. The minimum Gasteiger partial charge on any atom is -0.480 e. The summed E-state index contributed by atoms with van der Waals surface area (Å²) in [6, 6.07) is 4.22. The number of carbonyl (C=O) groups excluding carboxylic acids is 1. The lowest BCUT2D eigenvalue weighted by molar-refractivity contribution is -0.139. The average molecular weight is 356 g/mol. The molecular weight excluding hydrogens is 332 g/mol. The van der Waals surface area contributed by atoms with E-state index in [0.29, 0.717) is 11.5 Å². The van der Waals surface area contributed by atoms with Gasteiger partial charge in [-0.25, -0.2) is 0 Å². The van der Waals surface area contributed by atoms with Crippen molar-refractivity contribution in [2.45, 2.75) is 44.7 Å². The van der Waals surface area contributed by atoms with Crippen molar-refractivity contribution in [2.24, 2.45) is 5.92 Å². The van der Waals surface area contributed by atoms with E-state index in [2.05, 4.69) is 20.4 Å². The van der Waals surface area contributed by atoms with Gasteiger partial charge in [0, 0.05) is 24.0 Å². The van der Waals surface area contributed by atoms with Crippen molar-refractivity contribution in [2.75, 3.05) is 13.1 Å². The number of fused-ring (bicyclic) bond motifs is 1. The molecular formula is C19H24N4O3. The average Bonchev–Trinajstić information content (AvgIpc) is 3.22. The Kier molecular flexibility index (Phi) is 4.40. The van der Waals surface area contributed by atoms with Crippen LogP contribution in [0.25, 0.3) is 10.9 Å². The third-order valence-corrected chi connectivity index (χ3v) is 5.43. The standard InChI is InChI=1S/C19H24N4O3/c1-11-4-13-8-20-22-18(13)16(5-11)19(26)21-14-6-15(7-14)23(10-17(24)25)9-12-2-3-12/h4-5,8,12,14-15H,2-3,6-7,9-10H2,1H3,(H,20,22)(H,21,26)(H,24,25). The number of amides is 1. The maximum absolute atomic E-state index is 12.7. The number of aromatic nitrogens is 2. The maximum Gasteiger partial charge on any atom is 0.317 e. The molecule has 0 atom stereocenters. The summed E-state index contributed by atoms with van der Waals surface area (Å²) in [6.07, 6.45) is 5.75. The van der Waals surface area contributed by atoms with Crippen molar-refractivity contribution < 1.29 is 14.7 Å². The molecule has 2 aromatic rings. The summed E-state index contributed by atoms with van der Waals surface area (Å²) in [5.74, 6) is -0.221. The van der Waals surface area contributed by atoms with Crippen LogP contribution in [0.15, 0.2) is 18.3 Å². The Morgan fingerprint density at radius 3 is 2.81 bits per heavy atom. The van der Waals surface area contributed by atoms with Crippen LogP contribution in [-0.4, -0.2) is 57.3 Å². The number of aliphatic carboxylic acids is 1. The van der Waals surface area contributed by atoms with Crippen LogP contribution in [0.1, 0.15) is 41.6 Å². The van der Waals surface area contributed by atoms with Gasteiger partial charge in [0.2, 0.25) is 0 Å². The second-order valence-electron chi connectivity index (χ2n) is 7.71. The zero-order valence-corrected chi connectivity index (χ0v) is 14.9. The van der Waals surface area contributed by atoms with Gasteiger partial charge in [-0.05, 0) is 56.2 Å². The molecule has 0 saturated heterocycles. The summed E-state index contributed by atoms with van der Waals surface area (Å²) in [6.45, 7) is 2.92.